The van der Waals surface area contributed by atoms with Crippen LogP contribution in [0.1, 0.15) is 17.3 Å². The summed E-state index contributed by atoms with van der Waals surface area (Å²) in [5.74, 6) is 0.909. The molecular weight excluding hydrogens is 274 g/mol. The van der Waals surface area contributed by atoms with Gasteiger partial charge in [0.2, 0.25) is 6.79 Å². The minimum Gasteiger partial charge on any atom is -0.458 e. The Kier molecular flexibility index (Phi) is 4.26. The minimum absolute atomic E-state index is 0.166. The molecule has 2 heterocycles. The van der Waals surface area contributed by atoms with Crippen LogP contribution in [-0.4, -0.2) is 56.6 Å². The van der Waals surface area contributed by atoms with Gasteiger partial charge in [-0.05, 0) is 25.1 Å². The molecule has 1 atom stereocenters. The first kappa shape index (κ1) is 14.2. The molecule has 0 saturated carbocycles. The number of esters is 1. The van der Waals surface area contributed by atoms with Crippen LogP contribution in [0.5, 0.6) is 11.5 Å². The maximum Gasteiger partial charge on any atom is 0.338 e. The van der Waals surface area contributed by atoms with Gasteiger partial charge in [-0.15, -0.1) is 0 Å². The second-order valence-electron chi connectivity index (χ2n) is 5.20. The molecule has 21 heavy (non-hydrogen) atoms. The summed E-state index contributed by atoms with van der Waals surface area (Å²) in [6.07, 6.45) is -0.166. The van der Waals surface area contributed by atoms with Gasteiger partial charge < -0.3 is 18.9 Å². The molecule has 0 spiro atoms. The van der Waals surface area contributed by atoms with Crippen molar-refractivity contribution in [2.75, 3.05) is 39.6 Å². The maximum atomic E-state index is 12.1. The van der Waals surface area contributed by atoms with Gasteiger partial charge in [-0.3, -0.25) is 4.90 Å². The lowest BCUT2D eigenvalue weighted by Crippen LogP contribution is -2.41. The normalized spacial score (nSPS) is 19.3. The summed E-state index contributed by atoms with van der Waals surface area (Å²) in [6.45, 7) is 6.06. The van der Waals surface area contributed by atoms with E-state index in [1.807, 2.05) is 6.92 Å². The molecule has 2 aliphatic heterocycles. The molecule has 1 fully saturated rings. The molecule has 0 radical (unpaired) electrons. The minimum atomic E-state index is -0.339. The van der Waals surface area contributed by atoms with Crippen molar-refractivity contribution < 1.29 is 23.7 Å². The summed E-state index contributed by atoms with van der Waals surface area (Å²) in [5, 5.41) is 0. The van der Waals surface area contributed by atoms with E-state index < -0.39 is 0 Å². The van der Waals surface area contributed by atoms with Crippen molar-refractivity contribution in [3.63, 3.8) is 0 Å². The van der Waals surface area contributed by atoms with Crippen molar-refractivity contribution in [3.05, 3.63) is 23.8 Å². The summed E-state index contributed by atoms with van der Waals surface area (Å²) >= 11 is 0. The Labute approximate surface area is 123 Å². The molecular formula is C15H19NO5. The molecule has 1 aromatic carbocycles. The van der Waals surface area contributed by atoms with Gasteiger partial charge >= 0.3 is 5.97 Å². The number of morpholine rings is 1. The van der Waals surface area contributed by atoms with Crippen LogP contribution in [0.2, 0.25) is 0 Å². The number of ether oxygens (including phenoxy) is 4. The Morgan fingerprint density at radius 1 is 1.29 bits per heavy atom. The number of hydrogen-bond acceptors (Lipinski definition) is 6. The first-order valence-electron chi connectivity index (χ1n) is 7.13. The van der Waals surface area contributed by atoms with Crippen molar-refractivity contribution in [2.45, 2.75) is 13.0 Å². The number of hydrogen-bond donors (Lipinski definition) is 0. The molecule has 1 saturated heterocycles. The summed E-state index contributed by atoms with van der Waals surface area (Å²) in [4.78, 5) is 14.4. The fraction of sp³-hybridized carbons (Fsp3) is 0.533. The average molecular weight is 293 g/mol. The number of nitrogens with zero attached hydrogens (tertiary/aromatic N) is 1. The monoisotopic (exact) mass is 293 g/mol. The zero-order valence-corrected chi connectivity index (χ0v) is 12.0. The van der Waals surface area contributed by atoms with E-state index >= 15 is 0 Å². The average Bonchev–Trinajstić information content (AvgIpc) is 2.95. The molecule has 0 aliphatic carbocycles. The first-order valence-corrected chi connectivity index (χ1v) is 7.13. The highest BCUT2D eigenvalue weighted by Gasteiger charge is 2.20. The van der Waals surface area contributed by atoms with E-state index in [-0.39, 0.29) is 18.9 Å². The first-order chi connectivity index (χ1) is 10.2. The topological polar surface area (TPSA) is 57.2 Å². The standard InChI is InChI=1S/C15H19NO5/c1-11(9-16-4-6-18-7-5-16)21-15(17)12-2-3-13-14(8-12)20-10-19-13/h2-3,8,11H,4-7,9-10H2,1H3/t11-/m1/s1. The zero-order chi connectivity index (χ0) is 14.7. The van der Waals surface area contributed by atoms with E-state index in [2.05, 4.69) is 4.90 Å². The largest absolute Gasteiger partial charge is 0.458 e. The predicted molar refractivity (Wildman–Crippen MR) is 74.7 cm³/mol. The van der Waals surface area contributed by atoms with Crippen molar-refractivity contribution in [1.82, 2.24) is 4.90 Å². The maximum absolute atomic E-state index is 12.1. The van der Waals surface area contributed by atoms with Crippen molar-refractivity contribution in [1.29, 1.82) is 0 Å². The lowest BCUT2D eigenvalue weighted by atomic mass is 10.2. The van der Waals surface area contributed by atoms with Gasteiger partial charge in [0.1, 0.15) is 6.10 Å². The molecule has 0 bridgehead atoms. The Balaban J connectivity index is 1.55. The van der Waals surface area contributed by atoms with E-state index in [4.69, 9.17) is 18.9 Å². The highest BCUT2D eigenvalue weighted by Crippen LogP contribution is 2.32. The highest BCUT2D eigenvalue weighted by molar-refractivity contribution is 5.90. The van der Waals surface area contributed by atoms with Gasteiger partial charge in [0.05, 0.1) is 18.8 Å². The predicted octanol–water partition coefficient (Wildman–Crippen LogP) is 1.29. The van der Waals surface area contributed by atoms with Crippen LogP contribution in [0.15, 0.2) is 18.2 Å². The van der Waals surface area contributed by atoms with Gasteiger partial charge in [0.15, 0.2) is 11.5 Å². The Bertz CT molecular complexity index is 513. The Morgan fingerprint density at radius 2 is 2.05 bits per heavy atom. The zero-order valence-electron chi connectivity index (χ0n) is 12.0. The quantitative estimate of drug-likeness (QED) is 0.780. The van der Waals surface area contributed by atoms with Crippen LogP contribution in [0, 0.1) is 0 Å². The SMILES string of the molecule is C[C@H](CN1CCOCC1)OC(=O)c1ccc2c(c1)OCO2. The van der Waals surface area contributed by atoms with Gasteiger partial charge in [-0.1, -0.05) is 0 Å². The number of fused-ring (bicyclic) bond motifs is 1. The molecule has 114 valence electrons. The van der Waals surface area contributed by atoms with Crippen LogP contribution in [-0.2, 0) is 9.47 Å². The van der Waals surface area contributed by atoms with Crippen LogP contribution < -0.4 is 9.47 Å². The second-order valence-corrected chi connectivity index (χ2v) is 5.20. The molecule has 0 aromatic heterocycles. The van der Waals surface area contributed by atoms with Gasteiger partial charge in [0.25, 0.3) is 0 Å². The third kappa shape index (κ3) is 3.46. The summed E-state index contributed by atoms with van der Waals surface area (Å²) in [5.41, 5.74) is 0.480. The lowest BCUT2D eigenvalue weighted by molar-refractivity contribution is 0.000430. The smallest absolute Gasteiger partial charge is 0.338 e. The number of rotatable bonds is 4. The Hall–Kier alpha value is -1.79. The summed E-state index contributed by atoms with van der Waals surface area (Å²) in [6, 6.07) is 5.08. The number of benzene rings is 1. The van der Waals surface area contributed by atoms with Gasteiger partial charge in [-0.2, -0.15) is 0 Å². The Morgan fingerprint density at radius 3 is 2.86 bits per heavy atom. The van der Waals surface area contributed by atoms with Crippen molar-refractivity contribution in [2.24, 2.45) is 0 Å². The van der Waals surface area contributed by atoms with E-state index in [9.17, 15) is 4.79 Å². The lowest BCUT2D eigenvalue weighted by Gasteiger charge is -2.28. The molecule has 6 nitrogen and oxygen atoms in total. The van der Waals surface area contributed by atoms with Crippen LogP contribution in [0.25, 0.3) is 0 Å². The third-order valence-corrected chi connectivity index (χ3v) is 3.54. The molecule has 1 aromatic rings. The summed E-state index contributed by atoms with van der Waals surface area (Å²) < 4.78 is 21.3. The molecule has 6 heteroatoms. The molecule has 0 N–H and O–H groups in total. The fourth-order valence-corrected chi connectivity index (χ4v) is 2.46. The molecule has 3 rings (SSSR count). The van der Waals surface area contributed by atoms with Crippen LogP contribution in [0.4, 0.5) is 0 Å². The molecule has 2 aliphatic rings. The van der Waals surface area contributed by atoms with Crippen molar-refractivity contribution in [3.8, 4) is 11.5 Å². The van der Waals surface area contributed by atoms with E-state index in [1.165, 1.54) is 0 Å². The van der Waals surface area contributed by atoms with Crippen LogP contribution >= 0.6 is 0 Å². The second kappa shape index (κ2) is 6.32. The highest BCUT2D eigenvalue weighted by atomic mass is 16.7. The van der Waals surface area contributed by atoms with E-state index in [0.29, 0.717) is 17.1 Å². The number of carbonyl (C=O) groups is 1. The van der Waals surface area contributed by atoms with E-state index in [0.717, 1.165) is 32.8 Å². The summed E-state index contributed by atoms with van der Waals surface area (Å²) in [7, 11) is 0. The fourth-order valence-electron chi connectivity index (χ4n) is 2.46. The third-order valence-electron chi connectivity index (χ3n) is 3.54. The van der Waals surface area contributed by atoms with Crippen LogP contribution in [0.3, 0.4) is 0 Å². The molecule has 0 amide bonds. The number of carbonyl (C=O) groups excluding carboxylic acids is 1. The van der Waals surface area contributed by atoms with Gasteiger partial charge in [-0.25, -0.2) is 4.79 Å². The van der Waals surface area contributed by atoms with E-state index in [1.54, 1.807) is 18.2 Å². The van der Waals surface area contributed by atoms with Crippen molar-refractivity contribution >= 4 is 5.97 Å². The molecule has 0 unspecified atom stereocenters. The van der Waals surface area contributed by atoms with Gasteiger partial charge in [0, 0.05) is 19.6 Å².